The van der Waals surface area contributed by atoms with E-state index in [2.05, 4.69) is 0 Å². The van der Waals surface area contributed by atoms with Crippen LogP contribution in [0.4, 0.5) is 18.9 Å². The number of anilines is 1. The van der Waals surface area contributed by atoms with Gasteiger partial charge in [-0.25, -0.2) is 8.42 Å². The number of rotatable bonds is 4. The van der Waals surface area contributed by atoms with Crippen molar-refractivity contribution in [3.8, 4) is 0 Å². The third-order valence-electron chi connectivity index (χ3n) is 2.59. The Morgan fingerprint density at radius 2 is 1.89 bits per heavy atom. The normalized spacial score (nSPS) is 12.9. The summed E-state index contributed by atoms with van der Waals surface area (Å²) in [5, 5.41) is 0. The third kappa shape index (κ3) is 3.84. The molecule has 0 spiro atoms. The Labute approximate surface area is 110 Å². The average Bonchev–Trinajstić information content (AvgIpc) is 2.28. The van der Waals surface area contributed by atoms with Gasteiger partial charge in [-0.05, 0) is 30.7 Å². The van der Waals surface area contributed by atoms with Crippen molar-refractivity contribution in [1.82, 2.24) is 4.31 Å². The van der Waals surface area contributed by atoms with Crippen LogP contribution in [-0.4, -0.2) is 32.0 Å². The first-order valence-corrected chi connectivity index (χ1v) is 6.95. The number of aryl methyl sites for hydroxylation is 1. The fraction of sp³-hybridized carbons (Fsp3) is 0.455. The fourth-order valence-electron chi connectivity index (χ4n) is 1.52. The van der Waals surface area contributed by atoms with Gasteiger partial charge in [0.25, 0.3) is 0 Å². The lowest BCUT2D eigenvalue weighted by atomic mass is 10.2. The van der Waals surface area contributed by atoms with E-state index in [0.717, 1.165) is 0 Å². The van der Waals surface area contributed by atoms with Crippen LogP contribution in [0.2, 0.25) is 0 Å². The van der Waals surface area contributed by atoms with Gasteiger partial charge < -0.3 is 5.73 Å². The summed E-state index contributed by atoms with van der Waals surface area (Å²) in [6.45, 7) is 1.18. The Kier molecular flexibility index (Phi) is 4.46. The van der Waals surface area contributed by atoms with Crippen LogP contribution >= 0.6 is 0 Å². The van der Waals surface area contributed by atoms with Crippen molar-refractivity contribution >= 4 is 15.7 Å². The zero-order valence-corrected chi connectivity index (χ0v) is 11.3. The molecule has 8 heteroatoms. The molecule has 0 aliphatic carbocycles. The molecule has 0 aliphatic heterocycles. The molecule has 2 N–H and O–H groups in total. The van der Waals surface area contributed by atoms with Gasteiger partial charge in [-0.2, -0.15) is 17.5 Å². The van der Waals surface area contributed by atoms with Crippen LogP contribution in [-0.2, 0) is 10.0 Å². The second-order valence-corrected chi connectivity index (χ2v) is 6.00. The number of alkyl halides is 3. The fourth-order valence-corrected chi connectivity index (χ4v) is 3.04. The van der Waals surface area contributed by atoms with E-state index >= 15 is 0 Å². The van der Waals surface area contributed by atoms with E-state index in [0.29, 0.717) is 15.6 Å². The van der Waals surface area contributed by atoms with Gasteiger partial charge in [0.2, 0.25) is 10.0 Å². The number of hydrogen-bond donors (Lipinski definition) is 1. The minimum atomic E-state index is -4.58. The molecule has 4 nitrogen and oxygen atoms in total. The highest BCUT2D eigenvalue weighted by Crippen LogP contribution is 2.24. The van der Waals surface area contributed by atoms with Crippen LogP contribution in [0.15, 0.2) is 23.1 Å². The summed E-state index contributed by atoms with van der Waals surface area (Å²) < 4.78 is 61.6. The lowest BCUT2D eigenvalue weighted by Crippen LogP contribution is -2.38. The minimum Gasteiger partial charge on any atom is -0.399 e. The summed E-state index contributed by atoms with van der Waals surface area (Å²) in [5.41, 5.74) is 6.44. The van der Waals surface area contributed by atoms with Crippen molar-refractivity contribution in [1.29, 1.82) is 0 Å². The van der Waals surface area contributed by atoms with Crippen LogP contribution in [0.25, 0.3) is 0 Å². The molecule has 0 atom stereocenters. The first-order chi connectivity index (χ1) is 8.58. The van der Waals surface area contributed by atoms with Crippen LogP contribution < -0.4 is 5.73 Å². The number of hydrogen-bond acceptors (Lipinski definition) is 3. The van der Waals surface area contributed by atoms with Crippen molar-refractivity contribution in [3.05, 3.63) is 23.8 Å². The number of nitrogens with two attached hydrogens (primary N) is 1. The number of benzene rings is 1. The summed E-state index contributed by atoms with van der Waals surface area (Å²) in [6, 6.07) is 3.84. The second-order valence-electron chi connectivity index (χ2n) is 4.06. The maximum Gasteiger partial charge on any atom is 0.402 e. The Hall–Kier alpha value is -1.28. The summed E-state index contributed by atoms with van der Waals surface area (Å²) in [7, 11) is -4.17. The highest BCUT2D eigenvalue weighted by Gasteiger charge is 2.36. The maximum atomic E-state index is 12.4. The van der Waals surface area contributed by atoms with Crippen molar-refractivity contribution in [2.45, 2.75) is 24.9 Å². The number of nitrogen functional groups attached to an aromatic ring is 1. The third-order valence-corrected chi connectivity index (χ3v) is 4.50. The van der Waals surface area contributed by atoms with Crippen molar-refractivity contribution in [3.63, 3.8) is 0 Å². The lowest BCUT2D eigenvalue weighted by molar-refractivity contribution is -0.135. The van der Waals surface area contributed by atoms with Crippen LogP contribution in [0.3, 0.4) is 0 Å². The van der Waals surface area contributed by atoms with E-state index in [1.807, 2.05) is 0 Å². The SMILES string of the molecule is CCN(CC(F)(F)F)S(=O)(=O)c1ccc(N)c(C)c1. The largest absolute Gasteiger partial charge is 0.402 e. The van der Waals surface area contributed by atoms with Gasteiger partial charge in [-0.1, -0.05) is 6.92 Å². The zero-order chi connectivity index (χ0) is 14.8. The number of nitrogens with zero attached hydrogens (tertiary/aromatic N) is 1. The summed E-state index contributed by atoms with van der Waals surface area (Å²) in [6.07, 6.45) is -4.58. The number of sulfonamides is 1. The van der Waals surface area contributed by atoms with Gasteiger partial charge in [-0.15, -0.1) is 0 Å². The molecule has 0 bridgehead atoms. The highest BCUT2D eigenvalue weighted by atomic mass is 32.2. The van der Waals surface area contributed by atoms with E-state index in [1.54, 1.807) is 6.92 Å². The Morgan fingerprint density at radius 3 is 2.32 bits per heavy atom. The molecule has 0 fully saturated rings. The Balaban J connectivity index is 3.17. The van der Waals surface area contributed by atoms with E-state index in [-0.39, 0.29) is 11.4 Å². The monoisotopic (exact) mass is 296 g/mol. The summed E-state index contributed by atoms with van der Waals surface area (Å²) in [5.74, 6) is 0. The van der Waals surface area contributed by atoms with E-state index in [9.17, 15) is 21.6 Å². The first-order valence-electron chi connectivity index (χ1n) is 5.51. The molecule has 1 aromatic rings. The molecule has 0 aromatic heterocycles. The lowest BCUT2D eigenvalue weighted by Gasteiger charge is -2.22. The van der Waals surface area contributed by atoms with Gasteiger partial charge in [0.05, 0.1) is 4.90 Å². The maximum absolute atomic E-state index is 12.4. The molecule has 0 heterocycles. The second kappa shape index (κ2) is 5.38. The van der Waals surface area contributed by atoms with Crippen LogP contribution in [0.1, 0.15) is 12.5 Å². The number of halogens is 3. The predicted molar refractivity (Wildman–Crippen MR) is 66.1 cm³/mol. The molecule has 0 amide bonds. The van der Waals surface area contributed by atoms with Gasteiger partial charge in [0.15, 0.2) is 0 Å². The molecule has 0 unspecified atom stereocenters. The van der Waals surface area contributed by atoms with Gasteiger partial charge >= 0.3 is 6.18 Å². The quantitative estimate of drug-likeness (QED) is 0.866. The summed E-state index contributed by atoms with van der Waals surface area (Å²) in [4.78, 5) is -0.190. The van der Waals surface area contributed by atoms with E-state index in [4.69, 9.17) is 5.73 Å². The van der Waals surface area contributed by atoms with Gasteiger partial charge in [0, 0.05) is 12.2 Å². The molecule has 0 saturated heterocycles. The molecule has 1 aromatic carbocycles. The molecular weight excluding hydrogens is 281 g/mol. The highest BCUT2D eigenvalue weighted by molar-refractivity contribution is 7.89. The standard InChI is InChI=1S/C11H15F3N2O2S/c1-3-16(7-11(12,13)14)19(17,18)9-4-5-10(15)8(2)6-9/h4-6H,3,7,15H2,1-2H3. The molecule has 0 radical (unpaired) electrons. The van der Waals surface area contributed by atoms with Crippen LogP contribution in [0.5, 0.6) is 0 Å². The Bertz CT molecular complexity index is 556. The minimum absolute atomic E-state index is 0.190. The smallest absolute Gasteiger partial charge is 0.399 e. The predicted octanol–water partition coefficient (Wildman–Crippen LogP) is 2.15. The average molecular weight is 296 g/mol. The van der Waals surface area contributed by atoms with Crippen molar-refractivity contribution in [2.75, 3.05) is 18.8 Å². The molecule has 1 rings (SSSR count). The van der Waals surface area contributed by atoms with Crippen molar-refractivity contribution < 1.29 is 21.6 Å². The Morgan fingerprint density at radius 1 is 1.32 bits per heavy atom. The molecular formula is C11H15F3N2O2S. The molecule has 0 aliphatic rings. The van der Waals surface area contributed by atoms with Gasteiger partial charge in [-0.3, -0.25) is 0 Å². The van der Waals surface area contributed by atoms with E-state index in [1.165, 1.54) is 25.1 Å². The van der Waals surface area contributed by atoms with Gasteiger partial charge in [0.1, 0.15) is 6.54 Å². The first kappa shape index (κ1) is 15.8. The summed E-state index contributed by atoms with van der Waals surface area (Å²) >= 11 is 0. The van der Waals surface area contributed by atoms with E-state index < -0.39 is 22.7 Å². The molecule has 0 saturated carbocycles. The zero-order valence-electron chi connectivity index (χ0n) is 10.5. The molecule has 108 valence electrons. The molecule has 19 heavy (non-hydrogen) atoms. The van der Waals surface area contributed by atoms with Crippen LogP contribution in [0, 0.1) is 6.92 Å². The topological polar surface area (TPSA) is 63.4 Å². The van der Waals surface area contributed by atoms with Crippen molar-refractivity contribution in [2.24, 2.45) is 0 Å².